The highest BCUT2D eigenvalue weighted by Crippen LogP contribution is 2.42. The molecule has 158 valence electrons. The molecule has 0 saturated carbocycles. The van der Waals surface area contributed by atoms with E-state index in [9.17, 15) is 0 Å². The van der Waals surface area contributed by atoms with E-state index in [0.29, 0.717) is 0 Å². The molecule has 4 aliphatic heterocycles. The van der Waals surface area contributed by atoms with Gasteiger partial charge in [-0.1, -0.05) is 12.2 Å². The zero-order valence-electron chi connectivity index (χ0n) is 16.3. The van der Waals surface area contributed by atoms with Crippen molar-refractivity contribution in [3.63, 3.8) is 0 Å². The Kier molecular flexibility index (Phi) is 10.8. The van der Waals surface area contributed by atoms with Crippen molar-refractivity contribution in [1.29, 1.82) is 0 Å². The summed E-state index contributed by atoms with van der Waals surface area (Å²) in [5, 5.41) is 1.64. The van der Waals surface area contributed by atoms with E-state index in [0.717, 1.165) is 75.2 Å². The summed E-state index contributed by atoms with van der Waals surface area (Å²) in [5.41, 5.74) is 0. The van der Waals surface area contributed by atoms with Crippen molar-refractivity contribution < 1.29 is 9.47 Å². The summed E-state index contributed by atoms with van der Waals surface area (Å²) in [7, 11) is 0. The molecule has 7 heteroatoms. The van der Waals surface area contributed by atoms with Gasteiger partial charge in [0.25, 0.3) is 0 Å². The first kappa shape index (κ1) is 23.8. The average molecular weight is 439 g/mol. The number of halogens is 2. The number of hydrogen-bond acceptors (Lipinski definition) is 5. The summed E-state index contributed by atoms with van der Waals surface area (Å²) in [5.74, 6) is 0. The Hall–Kier alpha value is 0.510. The highest BCUT2D eigenvalue weighted by atomic mass is 35.5. The van der Waals surface area contributed by atoms with Crippen molar-refractivity contribution in [2.45, 2.75) is 61.1 Å². The van der Waals surface area contributed by atoms with Gasteiger partial charge in [0.2, 0.25) is 0 Å². The minimum atomic E-state index is 0. The highest BCUT2D eigenvalue weighted by molar-refractivity contribution is 8.00. The second kappa shape index (κ2) is 12.3. The quantitative estimate of drug-likeness (QED) is 0.612. The van der Waals surface area contributed by atoms with Gasteiger partial charge in [0, 0.05) is 48.8 Å². The van der Waals surface area contributed by atoms with Gasteiger partial charge in [0.05, 0.1) is 26.4 Å². The zero-order chi connectivity index (χ0) is 16.9. The minimum Gasteiger partial charge on any atom is -0.379 e. The van der Waals surface area contributed by atoms with Crippen LogP contribution in [0.3, 0.4) is 0 Å². The van der Waals surface area contributed by atoms with Crippen LogP contribution < -0.4 is 0 Å². The molecule has 0 spiro atoms. The molecule has 0 aromatic rings. The van der Waals surface area contributed by atoms with Crippen molar-refractivity contribution in [2.24, 2.45) is 0 Å². The third-order valence-electron chi connectivity index (χ3n) is 6.40. The first-order valence-electron chi connectivity index (χ1n) is 10.4. The van der Waals surface area contributed by atoms with Crippen LogP contribution in [-0.4, -0.2) is 85.0 Å². The first-order valence-corrected chi connectivity index (χ1v) is 11.3. The molecule has 0 radical (unpaired) electrons. The summed E-state index contributed by atoms with van der Waals surface area (Å²) in [4.78, 5) is 5.47. The maximum absolute atomic E-state index is 5.61. The Morgan fingerprint density at radius 3 is 1.44 bits per heavy atom. The van der Waals surface area contributed by atoms with Crippen molar-refractivity contribution in [3.8, 4) is 0 Å². The maximum atomic E-state index is 5.61. The second-order valence-corrected chi connectivity index (χ2v) is 9.33. The van der Waals surface area contributed by atoms with E-state index in [1.807, 2.05) is 0 Å². The molecule has 0 aromatic heterocycles. The number of allylic oxidation sites excluding steroid dienone is 2. The Morgan fingerprint density at radius 1 is 0.630 bits per heavy atom. The lowest BCUT2D eigenvalue weighted by Crippen LogP contribution is -2.48. The van der Waals surface area contributed by atoms with Gasteiger partial charge in [-0.05, 0) is 38.5 Å². The van der Waals surface area contributed by atoms with Crippen molar-refractivity contribution in [3.05, 3.63) is 12.2 Å². The molecule has 0 aliphatic carbocycles. The first-order chi connectivity index (χ1) is 12.4. The molecule has 4 atom stereocenters. The number of morpholine rings is 2. The van der Waals surface area contributed by atoms with E-state index in [2.05, 4.69) is 33.7 Å². The van der Waals surface area contributed by atoms with Crippen molar-refractivity contribution in [2.75, 3.05) is 52.6 Å². The van der Waals surface area contributed by atoms with Crippen LogP contribution in [0.4, 0.5) is 0 Å². The van der Waals surface area contributed by atoms with Gasteiger partial charge < -0.3 is 9.47 Å². The van der Waals surface area contributed by atoms with Crippen LogP contribution in [0.2, 0.25) is 0 Å². The molecule has 0 amide bonds. The maximum Gasteiger partial charge on any atom is 0.0594 e. The van der Waals surface area contributed by atoms with E-state index in [1.165, 1.54) is 38.5 Å². The van der Waals surface area contributed by atoms with Gasteiger partial charge in [0.15, 0.2) is 0 Å². The normalized spacial score (nSPS) is 37.5. The van der Waals surface area contributed by atoms with Gasteiger partial charge >= 0.3 is 0 Å². The smallest absolute Gasteiger partial charge is 0.0594 e. The molecule has 4 heterocycles. The average Bonchev–Trinajstić information content (AvgIpc) is 3.12. The number of rotatable bonds is 2. The van der Waals surface area contributed by atoms with Gasteiger partial charge in [-0.15, -0.1) is 24.8 Å². The number of thioether (sulfide) groups is 1. The van der Waals surface area contributed by atoms with Crippen LogP contribution in [0.25, 0.3) is 0 Å². The third kappa shape index (κ3) is 6.24. The molecule has 27 heavy (non-hydrogen) atoms. The summed E-state index contributed by atoms with van der Waals surface area (Å²) in [6, 6.07) is 1.49. The number of ether oxygens (including phenoxy) is 2. The fraction of sp³-hybridized carbons (Fsp3) is 0.900. The summed E-state index contributed by atoms with van der Waals surface area (Å²) < 4.78 is 11.2. The fourth-order valence-corrected chi connectivity index (χ4v) is 7.02. The van der Waals surface area contributed by atoms with Crippen LogP contribution in [0, 0.1) is 0 Å². The molecule has 3 fully saturated rings. The molecule has 0 N–H and O–H groups in total. The second-order valence-electron chi connectivity index (χ2n) is 7.85. The van der Waals surface area contributed by atoms with Crippen LogP contribution in [0.1, 0.15) is 38.5 Å². The zero-order valence-corrected chi connectivity index (χ0v) is 18.7. The van der Waals surface area contributed by atoms with Crippen molar-refractivity contribution in [1.82, 2.24) is 9.80 Å². The summed E-state index contributed by atoms with van der Waals surface area (Å²) in [6.07, 6.45) is 12.8. The van der Waals surface area contributed by atoms with Crippen LogP contribution in [-0.2, 0) is 9.47 Å². The Balaban J connectivity index is 0.00000131. The molecule has 4 unspecified atom stereocenters. The van der Waals surface area contributed by atoms with Gasteiger partial charge in [-0.2, -0.15) is 11.8 Å². The van der Waals surface area contributed by atoms with E-state index < -0.39 is 0 Å². The summed E-state index contributed by atoms with van der Waals surface area (Å²) >= 11 is 2.33. The predicted molar refractivity (Wildman–Crippen MR) is 119 cm³/mol. The molecular formula is C20H36Cl2N2O2S. The fourth-order valence-electron chi connectivity index (χ4n) is 5.05. The predicted octanol–water partition coefficient (Wildman–Crippen LogP) is 3.63. The molecule has 4 aliphatic rings. The lowest BCUT2D eigenvalue weighted by atomic mass is 9.96. The minimum absolute atomic E-state index is 0. The van der Waals surface area contributed by atoms with E-state index in [-0.39, 0.29) is 24.8 Å². The number of nitrogens with zero attached hydrogens (tertiary/aromatic N) is 2. The molecule has 0 aromatic carbocycles. The Labute approximate surface area is 181 Å². The molecule has 2 bridgehead atoms. The number of hydrogen-bond donors (Lipinski definition) is 0. The Bertz CT molecular complexity index is 408. The monoisotopic (exact) mass is 438 g/mol. The van der Waals surface area contributed by atoms with Crippen LogP contribution in [0.5, 0.6) is 0 Å². The van der Waals surface area contributed by atoms with E-state index in [1.54, 1.807) is 0 Å². The Morgan fingerprint density at radius 2 is 1.04 bits per heavy atom. The van der Waals surface area contributed by atoms with Crippen molar-refractivity contribution >= 4 is 36.6 Å². The molecular weight excluding hydrogens is 403 g/mol. The molecule has 4 nitrogen and oxygen atoms in total. The third-order valence-corrected chi connectivity index (χ3v) is 8.20. The SMILES string of the molecule is C1=C\CCC(N2CCOCC2)C2CCC(S2)C(N2CCOCC2)CC/1.Cl.Cl. The lowest BCUT2D eigenvalue weighted by Gasteiger charge is -2.39. The van der Waals surface area contributed by atoms with Gasteiger partial charge in [0.1, 0.15) is 0 Å². The van der Waals surface area contributed by atoms with E-state index >= 15 is 0 Å². The van der Waals surface area contributed by atoms with Gasteiger partial charge in [-0.25, -0.2) is 0 Å². The van der Waals surface area contributed by atoms with E-state index in [4.69, 9.17) is 9.47 Å². The summed E-state index contributed by atoms with van der Waals surface area (Å²) in [6.45, 7) is 8.19. The standard InChI is InChI=1S/C20H34N2O2S.2ClH/c1-2-4-6-18(22-11-15-24-16-12-22)20-8-7-19(25-20)17(5-3-1)21-9-13-23-14-10-21;;/h1-2,17-20H,3-16H2;2*1H/b2-1-;;. The number of fused-ring (bicyclic) bond motifs is 2. The largest absolute Gasteiger partial charge is 0.379 e. The van der Waals surface area contributed by atoms with Crippen LogP contribution >= 0.6 is 36.6 Å². The van der Waals surface area contributed by atoms with Crippen LogP contribution in [0.15, 0.2) is 12.2 Å². The topological polar surface area (TPSA) is 24.9 Å². The lowest BCUT2D eigenvalue weighted by molar-refractivity contribution is 0.0133. The highest BCUT2D eigenvalue weighted by Gasteiger charge is 2.39. The molecule has 4 rings (SSSR count). The molecule has 3 saturated heterocycles. The van der Waals surface area contributed by atoms with Gasteiger partial charge in [-0.3, -0.25) is 9.80 Å².